The van der Waals surface area contributed by atoms with E-state index in [0.717, 1.165) is 5.56 Å². The largest absolute Gasteiger partial charge is 0.369 e. The van der Waals surface area contributed by atoms with E-state index in [4.69, 9.17) is 0 Å². The Morgan fingerprint density at radius 3 is 1.67 bits per heavy atom. The molecule has 24 heavy (non-hydrogen) atoms. The number of rotatable bonds is 5. The Labute approximate surface area is 137 Å². The van der Waals surface area contributed by atoms with E-state index in [-0.39, 0.29) is 17.3 Å². The molecule has 1 saturated carbocycles. The molecule has 3 rings (SSSR count). The van der Waals surface area contributed by atoms with Crippen LogP contribution in [0, 0.1) is 17.0 Å². The Morgan fingerprint density at radius 1 is 0.833 bits per heavy atom. The molecule has 0 bridgehead atoms. The van der Waals surface area contributed by atoms with Crippen molar-refractivity contribution in [2.45, 2.75) is 19.0 Å². The highest BCUT2D eigenvalue weighted by Gasteiger charge is 2.49. The molecule has 2 N–H and O–H groups in total. The Hall–Kier alpha value is -3.22. The molecule has 1 aliphatic carbocycles. The molecule has 0 amide bonds. The Balaban J connectivity index is 1.63. The molecule has 122 valence electrons. The van der Waals surface area contributed by atoms with E-state index in [0.29, 0.717) is 11.4 Å². The van der Waals surface area contributed by atoms with Gasteiger partial charge < -0.3 is 10.6 Å². The van der Waals surface area contributed by atoms with E-state index in [1.54, 1.807) is 0 Å². The number of nitrogens with one attached hydrogen (secondary N) is 2. The molecule has 1 aliphatic rings. The number of non-ortho nitro benzene ring substituents is 1. The molecule has 7 heteroatoms. The van der Waals surface area contributed by atoms with Crippen molar-refractivity contribution < 1.29 is 14.5 Å². The number of carbonyl (C=O) groups excluding carboxylic acids is 2. The van der Waals surface area contributed by atoms with Gasteiger partial charge in [0.1, 0.15) is 12.1 Å². The summed E-state index contributed by atoms with van der Waals surface area (Å²) in [4.78, 5) is 34.4. The lowest BCUT2D eigenvalue weighted by Crippen LogP contribution is -2.64. The minimum absolute atomic E-state index is 0.0503. The minimum atomic E-state index is -0.922. The van der Waals surface area contributed by atoms with Crippen LogP contribution in [0.5, 0.6) is 0 Å². The highest BCUT2D eigenvalue weighted by atomic mass is 16.6. The van der Waals surface area contributed by atoms with Crippen LogP contribution >= 0.6 is 0 Å². The van der Waals surface area contributed by atoms with Gasteiger partial charge in [-0.15, -0.1) is 0 Å². The smallest absolute Gasteiger partial charge is 0.269 e. The quantitative estimate of drug-likeness (QED) is 0.497. The first-order chi connectivity index (χ1) is 11.5. The maximum absolute atomic E-state index is 12.2. The van der Waals surface area contributed by atoms with E-state index < -0.39 is 17.0 Å². The van der Waals surface area contributed by atoms with E-state index in [1.807, 2.05) is 31.2 Å². The third kappa shape index (κ3) is 2.96. The second kappa shape index (κ2) is 6.11. The van der Waals surface area contributed by atoms with Gasteiger partial charge in [0, 0.05) is 23.5 Å². The molecule has 7 nitrogen and oxygen atoms in total. The van der Waals surface area contributed by atoms with Crippen molar-refractivity contribution in [2.24, 2.45) is 0 Å². The average Bonchev–Trinajstić information content (AvgIpc) is 2.59. The van der Waals surface area contributed by atoms with Gasteiger partial charge in [-0.2, -0.15) is 0 Å². The summed E-state index contributed by atoms with van der Waals surface area (Å²) in [5.74, 6) is -0.502. The molecule has 0 radical (unpaired) electrons. The first kappa shape index (κ1) is 15.7. The zero-order chi connectivity index (χ0) is 17.3. The predicted molar refractivity (Wildman–Crippen MR) is 89.1 cm³/mol. The maximum Gasteiger partial charge on any atom is 0.269 e. The molecular formula is C17H15N3O4. The number of ketones is 2. The summed E-state index contributed by atoms with van der Waals surface area (Å²) in [6, 6.07) is 11.2. The monoisotopic (exact) mass is 325 g/mol. The molecule has 0 atom stereocenters. The first-order valence-electron chi connectivity index (χ1n) is 7.37. The summed E-state index contributed by atoms with van der Waals surface area (Å²) in [5.41, 5.74) is 2.23. The van der Waals surface area contributed by atoms with Crippen molar-refractivity contribution in [1.82, 2.24) is 0 Å². The molecule has 0 spiro atoms. The van der Waals surface area contributed by atoms with E-state index in [2.05, 4.69) is 10.6 Å². The van der Waals surface area contributed by atoms with Gasteiger partial charge in [-0.25, -0.2) is 0 Å². The van der Waals surface area contributed by atoms with Crippen LogP contribution in [0.1, 0.15) is 5.56 Å². The fourth-order valence-corrected chi connectivity index (χ4v) is 2.46. The minimum Gasteiger partial charge on any atom is -0.369 e. The van der Waals surface area contributed by atoms with E-state index in [9.17, 15) is 19.7 Å². The van der Waals surface area contributed by atoms with Crippen molar-refractivity contribution in [2.75, 3.05) is 10.6 Å². The van der Waals surface area contributed by atoms with Crippen LogP contribution in [0.25, 0.3) is 0 Å². The van der Waals surface area contributed by atoms with Crippen molar-refractivity contribution in [3.8, 4) is 0 Å². The van der Waals surface area contributed by atoms with Crippen molar-refractivity contribution in [3.63, 3.8) is 0 Å². The number of benzene rings is 2. The lowest BCUT2D eigenvalue weighted by atomic mass is 9.83. The van der Waals surface area contributed by atoms with Gasteiger partial charge in [0.15, 0.2) is 11.6 Å². The number of anilines is 2. The zero-order valence-corrected chi connectivity index (χ0v) is 12.9. The second-order valence-electron chi connectivity index (χ2n) is 5.63. The molecule has 2 aromatic rings. The lowest BCUT2D eigenvalue weighted by molar-refractivity contribution is -0.384. The number of Topliss-reactive ketones (excluding diaryl/α,β-unsaturated/α-hetero) is 2. The van der Waals surface area contributed by atoms with Crippen molar-refractivity contribution in [1.29, 1.82) is 0 Å². The normalized spacial score (nSPS) is 19.5. The third-order valence-electron chi connectivity index (χ3n) is 3.89. The second-order valence-corrected chi connectivity index (χ2v) is 5.63. The summed E-state index contributed by atoms with van der Waals surface area (Å²) >= 11 is 0. The number of aryl methyl sites for hydroxylation is 1. The lowest BCUT2D eigenvalue weighted by Gasteiger charge is -2.33. The van der Waals surface area contributed by atoms with Gasteiger partial charge in [0.25, 0.3) is 5.69 Å². The Morgan fingerprint density at radius 2 is 1.25 bits per heavy atom. The summed E-state index contributed by atoms with van der Waals surface area (Å²) in [6.45, 7) is 1.95. The predicted octanol–water partition coefficient (Wildman–Crippen LogP) is 2.32. The topological polar surface area (TPSA) is 101 Å². The van der Waals surface area contributed by atoms with Crippen molar-refractivity contribution in [3.05, 3.63) is 64.2 Å². The van der Waals surface area contributed by atoms with Gasteiger partial charge >= 0.3 is 0 Å². The summed E-state index contributed by atoms with van der Waals surface area (Å²) in [5, 5.41) is 16.3. The van der Waals surface area contributed by atoms with Crippen LogP contribution in [-0.2, 0) is 9.59 Å². The van der Waals surface area contributed by atoms with Gasteiger partial charge in [-0.3, -0.25) is 19.7 Å². The average molecular weight is 325 g/mol. The van der Waals surface area contributed by atoms with Crippen LogP contribution in [-0.4, -0.2) is 28.6 Å². The highest BCUT2D eigenvalue weighted by molar-refractivity contribution is 6.33. The number of carbonyl (C=O) groups is 2. The van der Waals surface area contributed by atoms with Crippen LogP contribution in [0.2, 0.25) is 0 Å². The first-order valence-corrected chi connectivity index (χ1v) is 7.37. The van der Waals surface area contributed by atoms with Crippen LogP contribution in [0.15, 0.2) is 48.5 Å². The zero-order valence-electron chi connectivity index (χ0n) is 12.9. The number of nitrogens with zero attached hydrogens (tertiary/aromatic N) is 1. The molecule has 0 heterocycles. The van der Waals surface area contributed by atoms with Crippen LogP contribution in [0.3, 0.4) is 0 Å². The Kier molecular flexibility index (Phi) is 3.99. The Bertz CT molecular complexity index is 784. The third-order valence-corrected chi connectivity index (χ3v) is 3.89. The van der Waals surface area contributed by atoms with E-state index in [1.165, 1.54) is 24.3 Å². The number of nitro groups is 1. The molecular weight excluding hydrogens is 310 g/mol. The summed E-state index contributed by atoms with van der Waals surface area (Å²) in [7, 11) is 0. The van der Waals surface area contributed by atoms with Crippen molar-refractivity contribution >= 4 is 28.6 Å². The number of nitro benzene ring substituents is 1. The van der Waals surface area contributed by atoms with Gasteiger partial charge in [0.2, 0.25) is 0 Å². The fraction of sp³-hybridized carbons (Fsp3) is 0.176. The molecule has 1 fully saturated rings. The summed E-state index contributed by atoms with van der Waals surface area (Å²) in [6.07, 6.45) is 0. The van der Waals surface area contributed by atoms with Crippen LogP contribution in [0.4, 0.5) is 17.1 Å². The molecule has 0 aromatic heterocycles. The SMILES string of the molecule is Cc1ccc(NC2C(=O)C(Nc3ccc([N+](=O)[O-])cc3)C2=O)cc1. The summed E-state index contributed by atoms with van der Waals surface area (Å²) < 4.78 is 0. The van der Waals surface area contributed by atoms with E-state index >= 15 is 0 Å². The van der Waals surface area contributed by atoms with Crippen LogP contribution < -0.4 is 10.6 Å². The number of hydrogen-bond donors (Lipinski definition) is 2. The molecule has 0 unspecified atom stereocenters. The maximum atomic E-state index is 12.2. The highest BCUT2D eigenvalue weighted by Crippen LogP contribution is 2.23. The van der Waals surface area contributed by atoms with Gasteiger partial charge in [0.05, 0.1) is 4.92 Å². The fourth-order valence-electron chi connectivity index (χ4n) is 2.46. The molecule has 0 aliphatic heterocycles. The standard InChI is InChI=1S/C17H15N3O4/c1-10-2-4-11(5-3-10)18-14-16(21)15(17(14)22)19-12-6-8-13(9-7-12)20(23)24/h2-9,14-15,18-19H,1H3. The molecule has 2 aromatic carbocycles. The number of hydrogen-bond acceptors (Lipinski definition) is 6. The molecule has 0 saturated heterocycles. The van der Waals surface area contributed by atoms with Gasteiger partial charge in [-0.05, 0) is 31.2 Å². The van der Waals surface area contributed by atoms with Gasteiger partial charge in [-0.1, -0.05) is 17.7 Å².